The molecule has 1 aromatic rings. The van der Waals surface area contributed by atoms with Crippen LogP contribution in [-0.4, -0.2) is 29.9 Å². The number of carbonyl (C=O) groups is 3. The van der Waals surface area contributed by atoms with Crippen LogP contribution in [0.15, 0.2) is 18.2 Å². The molecule has 0 saturated carbocycles. The van der Waals surface area contributed by atoms with E-state index in [1.165, 1.54) is 25.3 Å². The van der Waals surface area contributed by atoms with Gasteiger partial charge in [0.15, 0.2) is 0 Å². The van der Waals surface area contributed by atoms with Crippen LogP contribution in [0.2, 0.25) is 0 Å². The molecule has 0 atom stereocenters. The number of ketones is 1. The highest BCUT2D eigenvalue weighted by Crippen LogP contribution is 2.22. The van der Waals surface area contributed by atoms with E-state index in [1.807, 2.05) is 0 Å². The van der Waals surface area contributed by atoms with Gasteiger partial charge in [0.25, 0.3) is 5.91 Å². The van der Waals surface area contributed by atoms with E-state index in [2.05, 4.69) is 5.32 Å². The number of hydrogen-bond donors (Lipinski definition) is 2. The van der Waals surface area contributed by atoms with Crippen molar-refractivity contribution in [3.63, 3.8) is 0 Å². The number of methoxy groups -OCH3 is 1. The number of nitrogens with one attached hydrogen (secondary N) is 1. The third-order valence-corrected chi connectivity index (χ3v) is 2.28. The molecule has 1 aromatic carbocycles. The lowest BCUT2D eigenvalue weighted by atomic mass is 10.1. The van der Waals surface area contributed by atoms with Crippen LogP contribution < -0.4 is 10.1 Å². The summed E-state index contributed by atoms with van der Waals surface area (Å²) >= 11 is 0. The van der Waals surface area contributed by atoms with Gasteiger partial charge in [-0.1, -0.05) is 6.92 Å². The van der Waals surface area contributed by atoms with Gasteiger partial charge in [-0.3, -0.25) is 9.59 Å². The second-order valence-corrected chi connectivity index (χ2v) is 3.45. The zero-order valence-electron chi connectivity index (χ0n) is 10.0. The third kappa shape index (κ3) is 3.07. The van der Waals surface area contributed by atoms with Gasteiger partial charge >= 0.3 is 5.97 Å². The number of ether oxygens (including phenoxy) is 1. The van der Waals surface area contributed by atoms with Gasteiger partial charge in [-0.25, -0.2) is 4.79 Å². The number of carboxylic acids is 1. The second kappa shape index (κ2) is 5.81. The van der Waals surface area contributed by atoms with Crippen LogP contribution in [-0.2, 0) is 9.59 Å². The number of hydrogen-bond acceptors (Lipinski definition) is 4. The first-order chi connectivity index (χ1) is 8.49. The normalized spacial score (nSPS) is 9.67. The number of Topliss-reactive ketones (excluding diaryl/α,β-unsaturated/α-hetero) is 1. The average Bonchev–Trinajstić information content (AvgIpc) is 2.37. The minimum absolute atomic E-state index is 0.0358. The lowest BCUT2D eigenvalue weighted by Crippen LogP contribution is -2.23. The number of rotatable bonds is 5. The first-order valence-electron chi connectivity index (χ1n) is 5.25. The molecule has 0 aliphatic rings. The number of carbonyl (C=O) groups excluding carboxylic acids is 2. The van der Waals surface area contributed by atoms with Gasteiger partial charge in [0, 0.05) is 12.5 Å². The smallest absolute Gasteiger partial charge is 0.337 e. The van der Waals surface area contributed by atoms with Gasteiger partial charge in [-0.15, -0.1) is 0 Å². The fourth-order valence-corrected chi connectivity index (χ4v) is 1.29. The summed E-state index contributed by atoms with van der Waals surface area (Å²) in [5.74, 6) is -2.27. The summed E-state index contributed by atoms with van der Waals surface area (Å²) < 4.78 is 4.93. The summed E-state index contributed by atoms with van der Waals surface area (Å²) in [5, 5.41) is 11.2. The average molecular weight is 251 g/mol. The summed E-state index contributed by atoms with van der Waals surface area (Å²) in [6, 6.07) is 4.11. The second-order valence-electron chi connectivity index (χ2n) is 3.45. The Hall–Kier alpha value is -2.37. The van der Waals surface area contributed by atoms with E-state index < -0.39 is 17.7 Å². The standard InChI is InChI=1S/C12H13NO5/c1-3-10(14)11(15)13-9-6-7(18-2)4-5-8(9)12(16)17/h4-6H,3H2,1-2H3,(H,13,15)(H,16,17). The van der Waals surface area contributed by atoms with Gasteiger partial charge in [0.05, 0.1) is 18.4 Å². The Morgan fingerprint density at radius 3 is 2.50 bits per heavy atom. The summed E-state index contributed by atoms with van der Waals surface area (Å²) in [5.41, 5.74) is -0.0679. The SMILES string of the molecule is CCC(=O)C(=O)Nc1cc(OC)ccc1C(=O)O. The zero-order chi connectivity index (χ0) is 13.7. The van der Waals surface area contributed by atoms with Crippen molar-refractivity contribution in [2.24, 2.45) is 0 Å². The molecule has 0 spiro atoms. The Labute approximate surface area is 104 Å². The quantitative estimate of drug-likeness (QED) is 0.770. The minimum Gasteiger partial charge on any atom is -0.497 e. The van der Waals surface area contributed by atoms with Crippen LogP contribution in [0.4, 0.5) is 5.69 Å². The highest BCUT2D eigenvalue weighted by molar-refractivity contribution is 6.40. The number of benzene rings is 1. The first-order valence-corrected chi connectivity index (χ1v) is 5.25. The molecule has 0 saturated heterocycles. The topological polar surface area (TPSA) is 92.7 Å². The highest BCUT2D eigenvalue weighted by Gasteiger charge is 2.17. The van der Waals surface area contributed by atoms with Gasteiger partial charge in [-0.05, 0) is 12.1 Å². The van der Waals surface area contributed by atoms with E-state index in [1.54, 1.807) is 6.92 Å². The van der Waals surface area contributed by atoms with Crippen LogP contribution >= 0.6 is 0 Å². The minimum atomic E-state index is -1.20. The molecule has 96 valence electrons. The lowest BCUT2D eigenvalue weighted by Gasteiger charge is -2.09. The van der Waals surface area contributed by atoms with Gasteiger partial charge in [0.1, 0.15) is 5.75 Å². The van der Waals surface area contributed by atoms with Crippen molar-refractivity contribution in [2.45, 2.75) is 13.3 Å². The Morgan fingerprint density at radius 1 is 1.33 bits per heavy atom. The first kappa shape index (κ1) is 13.7. The summed E-state index contributed by atoms with van der Waals surface area (Å²) in [7, 11) is 1.42. The van der Waals surface area contributed by atoms with Crippen LogP contribution in [0, 0.1) is 0 Å². The van der Waals surface area contributed by atoms with E-state index >= 15 is 0 Å². The number of amides is 1. The summed E-state index contributed by atoms with van der Waals surface area (Å²) in [6.07, 6.45) is 0.0538. The van der Waals surface area contributed by atoms with Crippen molar-refractivity contribution in [2.75, 3.05) is 12.4 Å². The van der Waals surface area contributed by atoms with Crippen molar-refractivity contribution < 1.29 is 24.2 Å². The molecule has 0 heterocycles. The van der Waals surface area contributed by atoms with E-state index in [0.29, 0.717) is 5.75 Å². The Bertz CT molecular complexity index is 495. The maximum absolute atomic E-state index is 11.4. The van der Waals surface area contributed by atoms with Crippen molar-refractivity contribution in [1.29, 1.82) is 0 Å². The molecule has 0 aliphatic heterocycles. The van der Waals surface area contributed by atoms with Crippen molar-refractivity contribution in [3.8, 4) is 5.75 Å². The Balaban J connectivity index is 3.08. The number of aromatic carboxylic acids is 1. The molecule has 0 unspecified atom stereocenters. The molecule has 0 bridgehead atoms. The molecule has 0 fully saturated rings. The molecule has 0 aliphatic carbocycles. The molecule has 2 N–H and O–H groups in total. The van der Waals surface area contributed by atoms with E-state index in [4.69, 9.17) is 9.84 Å². The molecule has 0 radical (unpaired) electrons. The zero-order valence-corrected chi connectivity index (χ0v) is 10.0. The lowest BCUT2D eigenvalue weighted by molar-refractivity contribution is -0.134. The predicted octanol–water partition coefficient (Wildman–Crippen LogP) is 1.31. The Morgan fingerprint density at radius 2 is 2.00 bits per heavy atom. The van der Waals surface area contributed by atoms with E-state index in [-0.39, 0.29) is 17.7 Å². The van der Waals surface area contributed by atoms with Crippen LogP contribution in [0.5, 0.6) is 5.75 Å². The van der Waals surface area contributed by atoms with Crippen molar-refractivity contribution >= 4 is 23.3 Å². The third-order valence-electron chi connectivity index (χ3n) is 2.28. The molecular weight excluding hydrogens is 238 g/mol. The molecule has 18 heavy (non-hydrogen) atoms. The molecular formula is C12H13NO5. The molecule has 1 amide bonds. The fraction of sp³-hybridized carbons (Fsp3) is 0.250. The van der Waals surface area contributed by atoms with Crippen molar-refractivity contribution in [3.05, 3.63) is 23.8 Å². The number of anilines is 1. The molecule has 1 rings (SSSR count). The predicted molar refractivity (Wildman–Crippen MR) is 63.9 cm³/mol. The van der Waals surface area contributed by atoms with E-state index in [9.17, 15) is 14.4 Å². The van der Waals surface area contributed by atoms with Crippen LogP contribution in [0.3, 0.4) is 0 Å². The fourth-order valence-electron chi connectivity index (χ4n) is 1.29. The monoisotopic (exact) mass is 251 g/mol. The largest absolute Gasteiger partial charge is 0.497 e. The van der Waals surface area contributed by atoms with Crippen molar-refractivity contribution in [1.82, 2.24) is 0 Å². The molecule has 6 nitrogen and oxygen atoms in total. The van der Waals surface area contributed by atoms with Crippen LogP contribution in [0.25, 0.3) is 0 Å². The van der Waals surface area contributed by atoms with Gasteiger partial charge in [-0.2, -0.15) is 0 Å². The maximum atomic E-state index is 11.4. The Kier molecular flexibility index (Phi) is 4.42. The molecule has 0 aromatic heterocycles. The summed E-state index contributed by atoms with van der Waals surface area (Å²) in [6.45, 7) is 1.55. The van der Waals surface area contributed by atoms with Gasteiger partial charge in [0.2, 0.25) is 5.78 Å². The van der Waals surface area contributed by atoms with Crippen LogP contribution in [0.1, 0.15) is 23.7 Å². The highest BCUT2D eigenvalue weighted by atomic mass is 16.5. The van der Waals surface area contributed by atoms with Gasteiger partial charge < -0.3 is 15.2 Å². The summed E-state index contributed by atoms with van der Waals surface area (Å²) in [4.78, 5) is 33.5. The number of carboxylic acid groups (broad SMARTS) is 1. The maximum Gasteiger partial charge on any atom is 0.337 e. The molecule has 6 heteroatoms. The van der Waals surface area contributed by atoms with E-state index in [0.717, 1.165) is 0 Å².